The van der Waals surface area contributed by atoms with Gasteiger partial charge in [0.1, 0.15) is 6.04 Å². The molecule has 2 aliphatic carbocycles. The van der Waals surface area contributed by atoms with E-state index in [9.17, 15) is 18.0 Å². The van der Waals surface area contributed by atoms with Crippen molar-refractivity contribution in [3.05, 3.63) is 0 Å². The summed E-state index contributed by atoms with van der Waals surface area (Å²) in [6, 6.07) is -0.840. The molecule has 0 aromatic heterocycles. The van der Waals surface area contributed by atoms with Gasteiger partial charge in [0.25, 0.3) is 0 Å². The number of hydrogen-bond donors (Lipinski definition) is 2. The van der Waals surface area contributed by atoms with Gasteiger partial charge in [0.15, 0.2) is 0 Å². The second-order valence-corrected chi connectivity index (χ2v) is 5.11. The summed E-state index contributed by atoms with van der Waals surface area (Å²) in [6.45, 7) is -1.09. The Labute approximate surface area is 103 Å². The number of aliphatic carboxylic acids is 1. The number of nitrogens with zero attached hydrogens (tertiary/aromatic N) is 1. The molecule has 2 saturated carbocycles. The van der Waals surface area contributed by atoms with Crippen LogP contribution in [0.5, 0.6) is 0 Å². The molecule has 0 saturated heterocycles. The molecule has 0 amide bonds. The van der Waals surface area contributed by atoms with E-state index in [1.807, 2.05) is 0 Å². The number of carboxylic acid groups (broad SMARTS) is 1. The number of halogens is 3. The first-order valence-electron chi connectivity index (χ1n) is 6.15. The Balaban J connectivity index is 1.90. The first-order chi connectivity index (χ1) is 8.35. The Morgan fingerprint density at radius 2 is 1.94 bits per heavy atom. The molecule has 0 bridgehead atoms. The van der Waals surface area contributed by atoms with Gasteiger partial charge in [-0.3, -0.25) is 9.69 Å². The maximum absolute atomic E-state index is 12.4. The average Bonchev–Trinajstić information content (AvgIpc) is 3.08. The van der Waals surface area contributed by atoms with Crippen LogP contribution in [0.2, 0.25) is 0 Å². The lowest BCUT2D eigenvalue weighted by Gasteiger charge is -2.26. The van der Waals surface area contributed by atoms with Crippen LogP contribution in [0, 0.1) is 0 Å². The van der Waals surface area contributed by atoms with Gasteiger partial charge < -0.3 is 10.4 Å². The van der Waals surface area contributed by atoms with Gasteiger partial charge in [-0.25, -0.2) is 0 Å². The molecule has 0 heterocycles. The summed E-state index contributed by atoms with van der Waals surface area (Å²) < 4.78 is 37.2. The molecule has 0 radical (unpaired) electrons. The molecule has 18 heavy (non-hydrogen) atoms. The van der Waals surface area contributed by atoms with Crippen molar-refractivity contribution < 1.29 is 23.1 Å². The predicted molar refractivity (Wildman–Crippen MR) is 58.2 cm³/mol. The van der Waals surface area contributed by atoms with E-state index < -0.39 is 24.7 Å². The second-order valence-electron chi connectivity index (χ2n) is 5.11. The topological polar surface area (TPSA) is 52.6 Å². The van der Waals surface area contributed by atoms with Crippen LogP contribution in [-0.4, -0.2) is 53.4 Å². The third-order valence-corrected chi connectivity index (χ3v) is 3.18. The minimum atomic E-state index is -4.27. The maximum atomic E-state index is 12.4. The Morgan fingerprint density at radius 1 is 1.33 bits per heavy atom. The third-order valence-electron chi connectivity index (χ3n) is 3.18. The molecule has 1 atom stereocenters. The molecule has 0 aromatic carbocycles. The first kappa shape index (κ1) is 13.6. The zero-order valence-corrected chi connectivity index (χ0v) is 9.91. The molecule has 2 aliphatic rings. The van der Waals surface area contributed by atoms with Crippen LogP contribution in [-0.2, 0) is 4.79 Å². The van der Waals surface area contributed by atoms with Crippen LogP contribution >= 0.6 is 0 Å². The standard InChI is InChI=1S/C11H17F3N2O2/c12-11(13,14)6-16(8-3-4-8)5-9(10(17)18)15-7-1-2-7/h7-9,15H,1-6H2,(H,17,18). The Kier molecular flexibility index (Phi) is 3.82. The fraction of sp³-hybridized carbons (Fsp3) is 0.909. The van der Waals surface area contributed by atoms with Gasteiger partial charge >= 0.3 is 12.1 Å². The fourth-order valence-corrected chi connectivity index (χ4v) is 1.98. The minimum Gasteiger partial charge on any atom is -0.480 e. The molecule has 104 valence electrons. The van der Waals surface area contributed by atoms with Crippen molar-refractivity contribution in [2.75, 3.05) is 13.1 Å². The van der Waals surface area contributed by atoms with Crippen molar-refractivity contribution in [3.63, 3.8) is 0 Å². The van der Waals surface area contributed by atoms with E-state index in [4.69, 9.17) is 5.11 Å². The summed E-state index contributed by atoms with van der Waals surface area (Å²) in [5, 5.41) is 11.9. The van der Waals surface area contributed by atoms with Crippen molar-refractivity contribution in [2.24, 2.45) is 0 Å². The van der Waals surface area contributed by atoms with Gasteiger partial charge in [-0.2, -0.15) is 13.2 Å². The first-order valence-corrected chi connectivity index (χ1v) is 6.15. The molecule has 0 aliphatic heterocycles. The minimum absolute atomic E-state index is 0.0734. The molecule has 7 heteroatoms. The van der Waals surface area contributed by atoms with Crippen molar-refractivity contribution in [1.82, 2.24) is 10.2 Å². The van der Waals surface area contributed by atoms with Gasteiger partial charge in [-0.05, 0) is 25.7 Å². The van der Waals surface area contributed by atoms with Crippen LogP contribution in [0.25, 0.3) is 0 Å². The summed E-state index contributed by atoms with van der Waals surface area (Å²) >= 11 is 0. The third kappa shape index (κ3) is 4.45. The number of rotatable bonds is 7. The van der Waals surface area contributed by atoms with Gasteiger partial charge in [0, 0.05) is 18.6 Å². The maximum Gasteiger partial charge on any atom is 0.401 e. The van der Waals surface area contributed by atoms with Gasteiger partial charge in [0.05, 0.1) is 6.54 Å². The van der Waals surface area contributed by atoms with Crippen LogP contribution in [0.1, 0.15) is 25.7 Å². The molecule has 4 nitrogen and oxygen atoms in total. The lowest BCUT2D eigenvalue weighted by molar-refractivity contribution is -0.152. The molecular formula is C11H17F3N2O2. The number of nitrogens with one attached hydrogen (secondary N) is 1. The molecule has 0 aromatic rings. The summed E-state index contributed by atoms with van der Waals surface area (Å²) in [6.07, 6.45) is -0.998. The summed E-state index contributed by atoms with van der Waals surface area (Å²) in [4.78, 5) is 12.3. The van der Waals surface area contributed by atoms with Crippen LogP contribution in [0.4, 0.5) is 13.2 Å². The Morgan fingerprint density at radius 3 is 2.33 bits per heavy atom. The normalized spacial score (nSPS) is 22.2. The highest BCUT2D eigenvalue weighted by molar-refractivity contribution is 5.73. The van der Waals surface area contributed by atoms with E-state index in [-0.39, 0.29) is 18.6 Å². The Hall–Kier alpha value is -0.820. The molecule has 2 N–H and O–H groups in total. The largest absolute Gasteiger partial charge is 0.480 e. The highest BCUT2D eigenvalue weighted by atomic mass is 19.4. The second kappa shape index (κ2) is 5.05. The highest BCUT2D eigenvalue weighted by Crippen LogP contribution is 2.30. The molecule has 1 unspecified atom stereocenters. The molecule has 2 rings (SSSR count). The van der Waals surface area contributed by atoms with Crippen molar-refractivity contribution in [3.8, 4) is 0 Å². The number of alkyl halides is 3. The Bertz CT molecular complexity index is 314. The van der Waals surface area contributed by atoms with E-state index in [0.29, 0.717) is 0 Å². The SMILES string of the molecule is O=C(O)C(CN(CC(F)(F)F)C1CC1)NC1CC1. The number of carbonyl (C=O) groups is 1. The summed E-state index contributed by atoms with van der Waals surface area (Å²) in [7, 11) is 0. The van der Waals surface area contributed by atoms with Crippen molar-refractivity contribution >= 4 is 5.97 Å². The van der Waals surface area contributed by atoms with Crippen LogP contribution in [0.3, 0.4) is 0 Å². The zero-order valence-electron chi connectivity index (χ0n) is 9.91. The molecule has 0 spiro atoms. The van der Waals surface area contributed by atoms with Gasteiger partial charge in [-0.15, -0.1) is 0 Å². The van der Waals surface area contributed by atoms with Gasteiger partial charge in [-0.1, -0.05) is 0 Å². The van der Waals surface area contributed by atoms with E-state index in [2.05, 4.69) is 5.32 Å². The fourth-order valence-electron chi connectivity index (χ4n) is 1.98. The quantitative estimate of drug-likeness (QED) is 0.727. The lowest BCUT2D eigenvalue weighted by atomic mass is 10.2. The van der Waals surface area contributed by atoms with Crippen molar-refractivity contribution in [2.45, 2.75) is 50.0 Å². The lowest BCUT2D eigenvalue weighted by Crippen LogP contribution is -2.49. The van der Waals surface area contributed by atoms with Crippen molar-refractivity contribution in [1.29, 1.82) is 0 Å². The van der Waals surface area contributed by atoms with E-state index in [1.54, 1.807) is 0 Å². The van der Waals surface area contributed by atoms with Gasteiger partial charge in [0.2, 0.25) is 0 Å². The summed E-state index contributed by atoms with van der Waals surface area (Å²) in [5.74, 6) is -1.07. The highest BCUT2D eigenvalue weighted by Gasteiger charge is 2.40. The van der Waals surface area contributed by atoms with Crippen LogP contribution < -0.4 is 5.32 Å². The average molecular weight is 266 g/mol. The number of hydrogen-bond acceptors (Lipinski definition) is 3. The number of carboxylic acids is 1. The molecular weight excluding hydrogens is 249 g/mol. The van der Waals surface area contributed by atoms with E-state index >= 15 is 0 Å². The predicted octanol–water partition coefficient (Wildman–Crippen LogP) is 1.22. The monoisotopic (exact) mass is 266 g/mol. The summed E-state index contributed by atoms with van der Waals surface area (Å²) in [5.41, 5.74) is 0. The zero-order chi connectivity index (χ0) is 13.3. The van der Waals surface area contributed by atoms with E-state index in [0.717, 1.165) is 25.7 Å². The van der Waals surface area contributed by atoms with E-state index in [1.165, 1.54) is 4.90 Å². The molecule has 2 fully saturated rings. The van der Waals surface area contributed by atoms with Crippen LogP contribution in [0.15, 0.2) is 0 Å². The smallest absolute Gasteiger partial charge is 0.401 e.